The Hall–Kier alpha value is -3.27. The Balaban J connectivity index is 1.26. The van der Waals surface area contributed by atoms with Gasteiger partial charge in [-0.15, -0.1) is 0 Å². The van der Waals surface area contributed by atoms with E-state index in [-0.39, 0.29) is 35.3 Å². The molecule has 0 aromatic heterocycles. The molecule has 3 aromatic carbocycles. The van der Waals surface area contributed by atoms with Crippen molar-refractivity contribution >= 4 is 0 Å². The van der Waals surface area contributed by atoms with Crippen LogP contribution >= 0.6 is 0 Å². The molecule has 0 aliphatic heterocycles. The molecule has 2 aliphatic carbocycles. The van der Waals surface area contributed by atoms with Crippen LogP contribution in [0.4, 0.5) is 26.3 Å². The molecule has 0 spiro atoms. The van der Waals surface area contributed by atoms with E-state index in [9.17, 15) is 17.6 Å². The molecule has 210 valence electrons. The van der Waals surface area contributed by atoms with Crippen LogP contribution in [0.1, 0.15) is 96.2 Å². The number of hydrogen-bond donors (Lipinski definition) is 0. The highest BCUT2D eigenvalue weighted by atomic mass is 19.2. The largest absolute Gasteiger partial charge is 0.207 e. The fourth-order valence-electron chi connectivity index (χ4n) is 6.66. The van der Waals surface area contributed by atoms with E-state index in [1.165, 1.54) is 36.4 Å². The summed E-state index contributed by atoms with van der Waals surface area (Å²) in [5.74, 6) is -4.36. The third-order valence-corrected chi connectivity index (χ3v) is 8.95. The molecular formula is C33H31F6N. The van der Waals surface area contributed by atoms with E-state index in [2.05, 4.69) is 0 Å². The number of hydrogen-bond acceptors (Lipinski definition) is 1. The number of nitrogens with zero attached hydrogens (tertiary/aromatic N) is 1. The van der Waals surface area contributed by atoms with Crippen molar-refractivity contribution < 1.29 is 26.3 Å². The van der Waals surface area contributed by atoms with Gasteiger partial charge < -0.3 is 0 Å². The Bertz CT molecular complexity index is 1420. The molecule has 0 amide bonds. The zero-order chi connectivity index (χ0) is 28.6. The minimum absolute atomic E-state index is 0.0674. The highest BCUT2D eigenvalue weighted by Gasteiger charge is 2.32. The molecule has 0 bridgehead atoms. The van der Waals surface area contributed by atoms with Gasteiger partial charge in [0.2, 0.25) is 0 Å². The van der Waals surface area contributed by atoms with Gasteiger partial charge in [0, 0.05) is 11.1 Å². The highest BCUT2D eigenvalue weighted by molar-refractivity contribution is 5.40. The number of fused-ring (bicyclic) bond motifs is 1. The van der Waals surface area contributed by atoms with Crippen LogP contribution in [0.2, 0.25) is 0 Å². The zero-order valence-corrected chi connectivity index (χ0v) is 22.4. The van der Waals surface area contributed by atoms with Gasteiger partial charge in [0.05, 0.1) is 0 Å². The molecule has 1 unspecified atom stereocenters. The maximum Gasteiger partial charge on any atom is 0.144 e. The van der Waals surface area contributed by atoms with Crippen molar-refractivity contribution in [2.45, 2.75) is 83.0 Å². The van der Waals surface area contributed by atoms with Gasteiger partial charge in [0.15, 0.2) is 0 Å². The van der Waals surface area contributed by atoms with Crippen molar-refractivity contribution in [2.75, 3.05) is 0 Å². The second-order valence-corrected chi connectivity index (χ2v) is 11.3. The lowest BCUT2D eigenvalue weighted by molar-refractivity contribution is 0.367. The molecular weight excluding hydrogens is 524 g/mol. The number of rotatable bonds is 6. The topological polar surface area (TPSA) is 23.8 Å². The van der Waals surface area contributed by atoms with Gasteiger partial charge in [0.25, 0.3) is 0 Å². The average molecular weight is 556 g/mol. The fraction of sp³-hybridized carbons (Fsp3) is 0.424. The second kappa shape index (κ2) is 11.7. The van der Waals surface area contributed by atoms with Gasteiger partial charge in [-0.1, -0.05) is 6.92 Å². The molecule has 7 heteroatoms. The van der Waals surface area contributed by atoms with Gasteiger partial charge in [-0.25, -0.2) is 26.3 Å². The van der Waals surface area contributed by atoms with E-state index < -0.39 is 40.5 Å². The minimum Gasteiger partial charge on any atom is -0.207 e. The fourth-order valence-corrected chi connectivity index (χ4v) is 6.66. The van der Waals surface area contributed by atoms with Crippen molar-refractivity contribution in [3.8, 4) is 6.07 Å². The van der Waals surface area contributed by atoms with Gasteiger partial charge in [0.1, 0.15) is 46.5 Å². The van der Waals surface area contributed by atoms with E-state index in [0.29, 0.717) is 80.0 Å². The van der Waals surface area contributed by atoms with Crippen molar-refractivity contribution in [2.24, 2.45) is 5.92 Å². The van der Waals surface area contributed by atoms with Crippen LogP contribution in [0.15, 0.2) is 30.3 Å². The first-order chi connectivity index (χ1) is 19.2. The summed E-state index contributed by atoms with van der Waals surface area (Å²) in [7, 11) is 0. The van der Waals surface area contributed by atoms with E-state index in [4.69, 9.17) is 5.26 Å². The minimum atomic E-state index is -0.894. The SMILES string of the molecule is CCc1cc(F)c(CCC2CCc3c(cc(F)c(C4CCC(c5cc(F)c(C#N)c(F)c5)CC4)c3F)C2)c(F)c1. The van der Waals surface area contributed by atoms with Crippen molar-refractivity contribution in [3.05, 3.63) is 104 Å². The van der Waals surface area contributed by atoms with Crippen LogP contribution < -0.4 is 0 Å². The highest BCUT2D eigenvalue weighted by Crippen LogP contribution is 2.44. The normalized spacial score (nSPS) is 20.7. The van der Waals surface area contributed by atoms with Crippen LogP contribution in [0, 0.1) is 52.2 Å². The predicted octanol–water partition coefficient (Wildman–Crippen LogP) is 9.13. The first-order valence-electron chi connectivity index (χ1n) is 14.1. The lowest BCUT2D eigenvalue weighted by atomic mass is 9.74. The molecule has 5 rings (SSSR count). The third kappa shape index (κ3) is 5.50. The molecule has 40 heavy (non-hydrogen) atoms. The Morgan fingerprint density at radius 2 is 1.40 bits per heavy atom. The maximum absolute atomic E-state index is 15.7. The summed E-state index contributed by atoms with van der Waals surface area (Å²) in [4.78, 5) is 0. The van der Waals surface area contributed by atoms with Crippen LogP contribution in [0.25, 0.3) is 0 Å². The maximum atomic E-state index is 15.7. The number of benzene rings is 3. The molecule has 0 radical (unpaired) electrons. The molecule has 1 atom stereocenters. The summed E-state index contributed by atoms with van der Waals surface area (Å²) < 4.78 is 88.1. The third-order valence-electron chi connectivity index (χ3n) is 8.95. The lowest BCUT2D eigenvalue weighted by Gasteiger charge is -2.32. The summed E-state index contributed by atoms with van der Waals surface area (Å²) >= 11 is 0. The quantitative estimate of drug-likeness (QED) is 0.278. The van der Waals surface area contributed by atoms with Crippen LogP contribution in [-0.2, 0) is 25.7 Å². The van der Waals surface area contributed by atoms with Crippen LogP contribution in [0.5, 0.6) is 0 Å². The molecule has 1 saturated carbocycles. The number of halogens is 6. The van der Waals surface area contributed by atoms with Crippen molar-refractivity contribution in [1.29, 1.82) is 5.26 Å². The van der Waals surface area contributed by atoms with Gasteiger partial charge >= 0.3 is 0 Å². The number of nitriles is 1. The van der Waals surface area contributed by atoms with Gasteiger partial charge in [-0.2, -0.15) is 5.26 Å². The Morgan fingerprint density at radius 1 is 0.775 bits per heavy atom. The molecule has 1 fully saturated rings. The van der Waals surface area contributed by atoms with Crippen LogP contribution in [0.3, 0.4) is 0 Å². The number of aryl methyl sites for hydroxylation is 1. The second-order valence-electron chi connectivity index (χ2n) is 11.3. The van der Waals surface area contributed by atoms with Crippen molar-refractivity contribution in [3.63, 3.8) is 0 Å². The molecule has 0 heterocycles. The monoisotopic (exact) mass is 555 g/mol. The molecule has 0 N–H and O–H groups in total. The zero-order valence-electron chi connectivity index (χ0n) is 22.4. The average Bonchev–Trinajstić information content (AvgIpc) is 2.92. The lowest BCUT2D eigenvalue weighted by Crippen LogP contribution is -2.21. The summed E-state index contributed by atoms with van der Waals surface area (Å²) in [5, 5.41) is 8.89. The van der Waals surface area contributed by atoms with E-state index in [0.717, 1.165) is 0 Å². The van der Waals surface area contributed by atoms with Crippen molar-refractivity contribution in [1.82, 2.24) is 0 Å². The molecule has 3 aromatic rings. The van der Waals surface area contributed by atoms with Crippen LogP contribution in [-0.4, -0.2) is 0 Å². The molecule has 2 aliphatic rings. The smallest absolute Gasteiger partial charge is 0.144 e. The van der Waals surface area contributed by atoms with Gasteiger partial charge in [-0.3, -0.25) is 0 Å². The summed E-state index contributed by atoms with van der Waals surface area (Å²) in [5.41, 5.74) is 1.77. The van der Waals surface area contributed by atoms with E-state index in [1.807, 2.05) is 6.92 Å². The predicted molar refractivity (Wildman–Crippen MR) is 141 cm³/mol. The standard InChI is InChI=1S/C33H31F6N/c1-2-18-12-27(34)25(28(35)13-18)10-4-19-3-9-24-23(11-19)16-31(38)32(33(24)39)21-7-5-20(6-8-21)22-14-29(36)26(17-40)30(37)15-22/h12-16,19-21H,2-11H2,1H3. The summed E-state index contributed by atoms with van der Waals surface area (Å²) in [6.07, 6.45) is 4.90. The Morgan fingerprint density at radius 3 is 2.00 bits per heavy atom. The molecule has 1 nitrogen and oxygen atoms in total. The summed E-state index contributed by atoms with van der Waals surface area (Å²) in [6.45, 7) is 1.84. The summed E-state index contributed by atoms with van der Waals surface area (Å²) in [6, 6.07) is 8.06. The first-order valence-corrected chi connectivity index (χ1v) is 14.1. The van der Waals surface area contributed by atoms with Gasteiger partial charge in [-0.05, 0) is 135 Å². The van der Waals surface area contributed by atoms with E-state index >= 15 is 8.78 Å². The Kier molecular flexibility index (Phi) is 8.26. The first kappa shape index (κ1) is 28.3. The van der Waals surface area contributed by atoms with E-state index in [1.54, 1.807) is 0 Å². The molecule has 0 saturated heterocycles. The Labute approximate surface area is 230 Å².